The maximum Gasteiger partial charge on any atom is 0.0537 e. The number of fused-ring (bicyclic) bond motifs is 2. The van der Waals surface area contributed by atoms with Gasteiger partial charge in [0.25, 0.3) is 0 Å². The Morgan fingerprint density at radius 3 is 2.47 bits per heavy atom. The lowest BCUT2D eigenvalue weighted by Crippen LogP contribution is -1.92. The van der Waals surface area contributed by atoms with E-state index in [4.69, 9.17) is 23.2 Å². The van der Waals surface area contributed by atoms with Crippen LogP contribution in [0.5, 0.6) is 0 Å². The van der Waals surface area contributed by atoms with Crippen LogP contribution in [0.15, 0.2) is 41.3 Å². The molecule has 0 fully saturated rings. The topological polar surface area (TPSA) is 12.0 Å². The molecule has 2 aromatic rings. The number of benzene rings is 2. The van der Waals surface area contributed by atoms with Crippen LogP contribution in [0.25, 0.3) is 0 Å². The van der Waals surface area contributed by atoms with Gasteiger partial charge in [0.2, 0.25) is 0 Å². The summed E-state index contributed by atoms with van der Waals surface area (Å²) in [7, 11) is 0. The van der Waals surface area contributed by atoms with Gasteiger partial charge in [-0.25, -0.2) is 0 Å². The molecule has 2 aromatic carbocycles. The Balaban J connectivity index is 2.10. The molecule has 17 heavy (non-hydrogen) atoms. The summed E-state index contributed by atoms with van der Waals surface area (Å²) in [5.74, 6) is 0.939. The average molecular weight is 282 g/mol. The van der Waals surface area contributed by atoms with E-state index in [9.17, 15) is 0 Å². The van der Waals surface area contributed by atoms with Gasteiger partial charge in [-0.15, -0.1) is 11.8 Å². The molecule has 0 saturated heterocycles. The van der Waals surface area contributed by atoms with Crippen LogP contribution in [0.3, 0.4) is 0 Å². The molecule has 3 rings (SSSR count). The predicted octanol–water partition coefficient (Wildman–Crippen LogP) is 5.34. The number of nitrogens with one attached hydrogen (secondary N) is 1. The molecule has 0 bridgehead atoms. The lowest BCUT2D eigenvalue weighted by molar-refractivity contribution is 1.40. The molecule has 1 nitrogen and oxygen atoms in total. The molecule has 1 aliphatic heterocycles. The van der Waals surface area contributed by atoms with Gasteiger partial charge >= 0.3 is 0 Å². The van der Waals surface area contributed by atoms with Gasteiger partial charge in [-0.05, 0) is 35.9 Å². The van der Waals surface area contributed by atoms with Crippen LogP contribution in [-0.4, -0.2) is 0 Å². The van der Waals surface area contributed by atoms with Crippen LogP contribution in [-0.2, 0) is 5.75 Å². The molecule has 0 saturated carbocycles. The Labute approximate surface area is 114 Å². The summed E-state index contributed by atoms with van der Waals surface area (Å²) in [5, 5.41) is 4.88. The molecule has 86 valence electrons. The number of rotatable bonds is 0. The highest BCUT2D eigenvalue weighted by molar-refractivity contribution is 7.98. The van der Waals surface area contributed by atoms with Gasteiger partial charge in [0, 0.05) is 26.4 Å². The summed E-state index contributed by atoms with van der Waals surface area (Å²) < 4.78 is 0. The molecule has 0 radical (unpaired) electrons. The van der Waals surface area contributed by atoms with Crippen molar-refractivity contribution in [3.8, 4) is 0 Å². The van der Waals surface area contributed by atoms with E-state index in [-0.39, 0.29) is 0 Å². The van der Waals surface area contributed by atoms with Crippen LogP contribution >= 0.6 is 35.0 Å². The van der Waals surface area contributed by atoms with E-state index in [1.165, 1.54) is 10.5 Å². The molecule has 1 aliphatic rings. The smallest absolute Gasteiger partial charge is 0.0537 e. The third-order valence-electron chi connectivity index (χ3n) is 2.67. The van der Waals surface area contributed by atoms with Crippen molar-refractivity contribution in [2.75, 3.05) is 5.32 Å². The number of hydrogen-bond acceptors (Lipinski definition) is 2. The van der Waals surface area contributed by atoms with Crippen molar-refractivity contribution in [3.05, 3.63) is 52.0 Å². The lowest BCUT2D eigenvalue weighted by atomic mass is 10.2. The first-order valence-corrected chi connectivity index (χ1v) is 6.94. The Morgan fingerprint density at radius 2 is 1.65 bits per heavy atom. The molecular formula is C13H9Cl2NS. The third-order valence-corrected chi connectivity index (χ3v) is 4.26. The molecule has 0 aromatic heterocycles. The molecule has 0 amide bonds. The number of anilines is 2. The predicted molar refractivity (Wildman–Crippen MR) is 75.7 cm³/mol. The van der Waals surface area contributed by atoms with E-state index < -0.39 is 0 Å². The van der Waals surface area contributed by atoms with Crippen molar-refractivity contribution in [2.45, 2.75) is 10.6 Å². The molecule has 1 N–H and O–H groups in total. The van der Waals surface area contributed by atoms with E-state index >= 15 is 0 Å². The van der Waals surface area contributed by atoms with Crippen molar-refractivity contribution in [2.24, 2.45) is 0 Å². The van der Waals surface area contributed by atoms with Crippen molar-refractivity contribution in [1.29, 1.82) is 0 Å². The molecule has 0 atom stereocenters. The van der Waals surface area contributed by atoms with E-state index in [1.54, 1.807) is 11.8 Å². The molecule has 0 unspecified atom stereocenters. The highest BCUT2D eigenvalue weighted by atomic mass is 35.5. The van der Waals surface area contributed by atoms with Crippen LogP contribution in [0.4, 0.5) is 11.4 Å². The van der Waals surface area contributed by atoms with Crippen molar-refractivity contribution in [1.82, 2.24) is 0 Å². The number of thioether (sulfide) groups is 1. The van der Waals surface area contributed by atoms with Gasteiger partial charge in [-0.2, -0.15) is 0 Å². The van der Waals surface area contributed by atoms with Crippen LogP contribution in [0, 0.1) is 0 Å². The van der Waals surface area contributed by atoms with Crippen molar-refractivity contribution < 1.29 is 0 Å². The Morgan fingerprint density at radius 1 is 0.941 bits per heavy atom. The van der Waals surface area contributed by atoms with Crippen molar-refractivity contribution in [3.63, 3.8) is 0 Å². The zero-order chi connectivity index (χ0) is 11.8. The van der Waals surface area contributed by atoms with Gasteiger partial charge in [0.1, 0.15) is 0 Å². The Hall–Kier alpha value is -0.830. The first kappa shape index (κ1) is 11.3. The van der Waals surface area contributed by atoms with Crippen LogP contribution in [0.2, 0.25) is 10.0 Å². The second-order valence-corrected chi connectivity index (χ2v) is 5.75. The highest BCUT2D eigenvalue weighted by Crippen LogP contribution is 2.39. The zero-order valence-electron chi connectivity index (χ0n) is 8.84. The maximum absolute atomic E-state index is 6.02. The first-order chi connectivity index (χ1) is 8.22. The normalized spacial score (nSPS) is 13.3. The summed E-state index contributed by atoms with van der Waals surface area (Å²) in [4.78, 5) is 1.21. The number of halogens is 2. The Bertz CT molecular complexity index is 532. The fraction of sp³-hybridized carbons (Fsp3) is 0.0769. The molecular weight excluding hydrogens is 273 g/mol. The molecule has 4 heteroatoms. The lowest BCUT2D eigenvalue weighted by Gasteiger charge is -2.09. The molecule has 1 heterocycles. The van der Waals surface area contributed by atoms with Crippen LogP contribution in [0.1, 0.15) is 5.56 Å². The summed E-state index contributed by atoms with van der Waals surface area (Å²) in [6.07, 6.45) is 0. The van der Waals surface area contributed by atoms with Gasteiger partial charge in [0.15, 0.2) is 0 Å². The van der Waals surface area contributed by atoms with Gasteiger partial charge in [-0.3, -0.25) is 0 Å². The minimum Gasteiger partial charge on any atom is -0.354 e. The molecule has 0 aliphatic carbocycles. The summed E-state index contributed by atoms with van der Waals surface area (Å²) >= 11 is 13.8. The van der Waals surface area contributed by atoms with E-state index in [2.05, 4.69) is 11.4 Å². The third kappa shape index (κ3) is 2.25. The van der Waals surface area contributed by atoms with Gasteiger partial charge in [0.05, 0.1) is 5.69 Å². The minimum atomic E-state index is 0.738. The zero-order valence-corrected chi connectivity index (χ0v) is 11.2. The second kappa shape index (κ2) is 4.45. The van der Waals surface area contributed by atoms with E-state index in [1.807, 2.05) is 30.3 Å². The first-order valence-electron chi connectivity index (χ1n) is 5.20. The average Bonchev–Trinajstić information content (AvgIpc) is 2.46. The summed E-state index contributed by atoms with van der Waals surface area (Å²) in [6.45, 7) is 0. The van der Waals surface area contributed by atoms with Crippen molar-refractivity contribution >= 4 is 46.3 Å². The summed E-state index contributed by atoms with van der Waals surface area (Å²) in [5.41, 5.74) is 3.36. The Kier molecular flexibility index (Phi) is 2.95. The molecule has 0 spiro atoms. The van der Waals surface area contributed by atoms with E-state index in [0.29, 0.717) is 0 Å². The highest BCUT2D eigenvalue weighted by Gasteiger charge is 2.13. The minimum absolute atomic E-state index is 0.738. The maximum atomic E-state index is 6.02. The van der Waals surface area contributed by atoms with Gasteiger partial charge in [-0.1, -0.05) is 29.3 Å². The summed E-state index contributed by atoms with van der Waals surface area (Å²) in [6, 6.07) is 11.8. The quantitative estimate of drug-likeness (QED) is 0.699. The number of hydrogen-bond donors (Lipinski definition) is 1. The SMILES string of the molecule is Clc1ccc2c(c1)Nc1cc(Cl)ccc1SC2. The second-order valence-electron chi connectivity index (χ2n) is 3.86. The largest absolute Gasteiger partial charge is 0.354 e. The van der Waals surface area contributed by atoms with Gasteiger partial charge < -0.3 is 5.32 Å². The monoisotopic (exact) mass is 281 g/mol. The fourth-order valence-corrected chi connectivity index (χ4v) is 3.15. The standard InChI is InChI=1S/C13H9Cl2NS/c14-9-2-1-8-7-17-13-4-3-10(15)6-12(13)16-11(8)5-9/h1-6,16H,7H2. The fourth-order valence-electron chi connectivity index (χ4n) is 1.82. The van der Waals surface area contributed by atoms with Crippen LogP contribution < -0.4 is 5.32 Å². The van der Waals surface area contributed by atoms with E-state index in [0.717, 1.165) is 27.2 Å².